The maximum atomic E-state index is 5.51. The summed E-state index contributed by atoms with van der Waals surface area (Å²) < 4.78 is 0. The first-order valence-corrected chi connectivity index (χ1v) is 7.28. The quantitative estimate of drug-likeness (QED) is 0.816. The highest BCUT2D eigenvalue weighted by atomic mass is 32.1. The zero-order valence-corrected chi connectivity index (χ0v) is 12.1. The number of piperidine rings is 1. The summed E-state index contributed by atoms with van der Waals surface area (Å²) in [5.74, 6) is 0. The Morgan fingerprint density at radius 2 is 2.06 bits per heavy atom. The van der Waals surface area contributed by atoms with Crippen LogP contribution in [0.5, 0.6) is 0 Å². The molecule has 1 aliphatic rings. The van der Waals surface area contributed by atoms with Crippen LogP contribution in [0, 0.1) is 0 Å². The second-order valence-corrected chi connectivity index (χ2v) is 5.41. The van der Waals surface area contributed by atoms with Crippen LogP contribution in [-0.4, -0.2) is 22.6 Å². The molecule has 98 valence electrons. The highest BCUT2D eigenvalue weighted by Crippen LogP contribution is 2.18. The molecule has 0 radical (unpaired) electrons. The summed E-state index contributed by atoms with van der Waals surface area (Å²) in [6.45, 7) is 5.51. The van der Waals surface area contributed by atoms with E-state index < -0.39 is 0 Å². The van der Waals surface area contributed by atoms with E-state index in [1.165, 1.54) is 24.8 Å². The number of nitrogens with zero attached hydrogens (tertiary/aromatic N) is 1. The third-order valence-corrected chi connectivity index (χ3v) is 4.01. The lowest BCUT2D eigenvalue weighted by atomic mass is 10.0. The molecule has 1 aliphatic heterocycles. The number of benzene rings is 1. The molecule has 0 spiro atoms. The van der Waals surface area contributed by atoms with Crippen LogP contribution in [0.2, 0.25) is 0 Å². The molecule has 1 heterocycles. The van der Waals surface area contributed by atoms with Crippen molar-refractivity contribution in [1.82, 2.24) is 4.90 Å². The monoisotopic (exact) mass is 262 g/mol. The number of rotatable bonds is 2. The molecule has 0 unspecified atom stereocenters. The highest BCUT2D eigenvalue weighted by molar-refractivity contribution is 7.80. The standard InChI is InChI=1S/C15H22N2S/c1-3-13-7-9-14(10-8-13)16-15(18)17-11-5-4-6-12(17)2/h7-10,12H,3-6,11H2,1-2H3,(H,16,18)/t12-/m0/s1. The van der Waals surface area contributed by atoms with Gasteiger partial charge in [0, 0.05) is 18.3 Å². The van der Waals surface area contributed by atoms with Gasteiger partial charge in [-0.25, -0.2) is 0 Å². The number of aryl methyl sites for hydroxylation is 1. The SMILES string of the molecule is CCc1ccc(NC(=S)N2CCCC[C@@H]2C)cc1. The van der Waals surface area contributed by atoms with Crippen LogP contribution in [0.15, 0.2) is 24.3 Å². The summed E-state index contributed by atoms with van der Waals surface area (Å²) in [5.41, 5.74) is 2.45. The van der Waals surface area contributed by atoms with Gasteiger partial charge in [-0.3, -0.25) is 0 Å². The number of nitrogens with one attached hydrogen (secondary N) is 1. The predicted octanol–water partition coefficient (Wildman–Crippen LogP) is 3.82. The van der Waals surface area contributed by atoms with Crippen molar-refractivity contribution in [3.05, 3.63) is 29.8 Å². The first-order valence-electron chi connectivity index (χ1n) is 6.87. The molecule has 1 N–H and O–H groups in total. The topological polar surface area (TPSA) is 15.3 Å². The summed E-state index contributed by atoms with van der Waals surface area (Å²) in [7, 11) is 0. The van der Waals surface area contributed by atoms with E-state index in [9.17, 15) is 0 Å². The van der Waals surface area contributed by atoms with Gasteiger partial charge in [-0.05, 0) is 62.5 Å². The van der Waals surface area contributed by atoms with Crippen LogP contribution in [0.1, 0.15) is 38.7 Å². The Hall–Kier alpha value is -1.09. The Bertz CT molecular complexity index is 399. The van der Waals surface area contributed by atoms with E-state index in [0.29, 0.717) is 6.04 Å². The Morgan fingerprint density at radius 3 is 2.67 bits per heavy atom. The molecular weight excluding hydrogens is 240 g/mol. The Morgan fingerprint density at radius 1 is 1.33 bits per heavy atom. The molecule has 0 amide bonds. The van der Waals surface area contributed by atoms with E-state index in [0.717, 1.165) is 23.8 Å². The largest absolute Gasteiger partial charge is 0.346 e. The van der Waals surface area contributed by atoms with Crippen molar-refractivity contribution in [2.24, 2.45) is 0 Å². The van der Waals surface area contributed by atoms with E-state index in [1.54, 1.807) is 0 Å². The van der Waals surface area contributed by atoms with Gasteiger partial charge in [0.15, 0.2) is 5.11 Å². The van der Waals surface area contributed by atoms with Gasteiger partial charge in [0.05, 0.1) is 0 Å². The molecule has 0 saturated carbocycles. The molecule has 1 fully saturated rings. The molecule has 0 aliphatic carbocycles. The molecule has 1 aromatic carbocycles. The van der Waals surface area contributed by atoms with Crippen LogP contribution < -0.4 is 5.32 Å². The summed E-state index contributed by atoms with van der Waals surface area (Å²) in [4.78, 5) is 2.31. The van der Waals surface area contributed by atoms with E-state index in [1.807, 2.05) is 0 Å². The Labute approximate surface area is 115 Å². The van der Waals surface area contributed by atoms with Crippen molar-refractivity contribution in [1.29, 1.82) is 0 Å². The molecule has 1 aromatic rings. The van der Waals surface area contributed by atoms with Crippen LogP contribution >= 0.6 is 12.2 Å². The molecule has 0 aromatic heterocycles. The van der Waals surface area contributed by atoms with Crippen molar-refractivity contribution in [3.8, 4) is 0 Å². The lowest BCUT2D eigenvalue weighted by molar-refractivity contribution is 0.262. The summed E-state index contributed by atoms with van der Waals surface area (Å²) in [6.07, 6.45) is 4.90. The summed E-state index contributed by atoms with van der Waals surface area (Å²) in [5, 5.41) is 4.22. The Kier molecular flexibility index (Phi) is 4.59. The van der Waals surface area contributed by atoms with Crippen molar-refractivity contribution in [2.75, 3.05) is 11.9 Å². The van der Waals surface area contributed by atoms with Crippen molar-refractivity contribution < 1.29 is 0 Å². The van der Waals surface area contributed by atoms with Gasteiger partial charge in [0.25, 0.3) is 0 Å². The number of anilines is 1. The van der Waals surface area contributed by atoms with E-state index in [4.69, 9.17) is 12.2 Å². The molecule has 1 saturated heterocycles. The average molecular weight is 262 g/mol. The van der Waals surface area contributed by atoms with E-state index in [-0.39, 0.29) is 0 Å². The Balaban J connectivity index is 1.97. The van der Waals surface area contributed by atoms with E-state index in [2.05, 4.69) is 48.3 Å². The van der Waals surface area contributed by atoms with Gasteiger partial charge in [-0.1, -0.05) is 19.1 Å². The molecular formula is C15H22N2S. The number of likely N-dealkylation sites (tertiary alicyclic amines) is 1. The first kappa shape index (κ1) is 13.3. The number of hydrogen-bond acceptors (Lipinski definition) is 1. The van der Waals surface area contributed by atoms with Crippen LogP contribution in [-0.2, 0) is 6.42 Å². The average Bonchev–Trinajstić information content (AvgIpc) is 2.40. The smallest absolute Gasteiger partial charge is 0.173 e. The minimum Gasteiger partial charge on any atom is -0.346 e. The van der Waals surface area contributed by atoms with E-state index >= 15 is 0 Å². The summed E-state index contributed by atoms with van der Waals surface area (Å²) >= 11 is 5.51. The van der Waals surface area contributed by atoms with Crippen LogP contribution in [0.25, 0.3) is 0 Å². The van der Waals surface area contributed by atoms with Gasteiger partial charge < -0.3 is 10.2 Å². The van der Waals surface area contributed by atoms with Crippen LogP contribution in [0.4, 0.5) is 5.69 Å². The fourth-order valence-corrected chi connectivity index (χ4v) is 2.81. The fourth-order valence-electron chi connectivity index (χ4n) is 2.42. The molecule has 18 heavy (non-hydrogen) atoms. The maximum Gasteiger partial charge on any atom is 0.173 e. The van der Waals surface area contributed by atoms with Gasteiger partial charge >= 0.3 is 0 Å². The van der Waals surface area contributed by atoms with Gasteiger partial charge in [0.2, 0.25) is 0 Å². The van der Waals surface area contributed by atoms with Crippen molar-refractivity contribution in [3.63, 3.8) is 0 Å². The highest BCUT2D eigenvalue weighted by Gasteiger charge is 2.20. The molecule has 1 atom stereocenters. The lowest BCUT2D eigenvalue weighted by Gasteiger charge is -2.35. The lowest BCUT2D eigenvalue weighted by Crippen LogP contribution is -2.44. The first-order chi connectivity index (χ1) is 8.70. The minimum atomic E-state index is 0.564. The predicted molar refractivity (Wildman–Crippen MR) is 82.1 cm³/mol. The molecule has 0 bridgehead atoms. The number of hydrogen-bond donors (Lipinski definition) is 1. The van der Waals surface area contributed by atoms with Gasteiger partial charge in [-0.15, -0.1) is 0 Å². The molecule has 2 nitrogen and oxygen atoms in total. The maximum absolute atomic E-state index is 5.51. The normalized spacial score (nSPS) is 19.7. The zero-order chi connectivity index (χ0) is 13.0. The van der Waals surface area contributed by atoms with Crippen molar-refractivity contribution in [2.45, 2.75) is 45.6 Å². The second kappa shape index (κ2) is 6.19. The van der Waals surface area contributed by atoms with Gasteiger partial charge in [0.1, 0.15) is 0 Å². The number of thiocarbonyl (C=S) groups is 1. The molecule has 2 rings (SSSR count). The van der Waals surface area contributed by atoms with Crippen molar-refractivity contribution >= 4 is 23.0 Å². The third-order valence-electron chi connectivity index (χ3n) is 3.68. The fraction of sp³-hybridized carbons (Fsp3) is 0.533. The minimum absolute atomic E-state index is 0.564. The third kappa shape index (κ3) is 3.22. The zero-order valence-electron chi connectivity index (χ0n) is 11.3. The molecule has 3 heteroatoms. The van der Waals surface area contributed by atoms with Gasteiger partial charge in [-0.2, -0.15) is 0 Å². The van der Waals surface area contributed by atoms with Crippen LogP contribution in [0.3, 0.4) is 0 Å². The summed E-state index contributed by atoms with van der Waals surface area (Å²) in [6, 6.07) is 9.10. The second-order valence-electron chi connectivity index (χ2n) is 5.02.